The lowest BCUT2D eigenvalue weighted by molar-refractivity contribution is 0.775. The van der Waals surface area contributed by atoms with Gasteiger partial charge in [0.25, 0.3) is 0 Å². The molecule has 0 amide bonds. The van der Waals surface area contributed by atoms with E-state index in [1.807, 2.05) is 18.5 Å². The van der Waals surface area contributed by atoms with Crippen molar-refractivity contribution in [3.63, 3.8) is 0 Å². The lowest BCUT2D eigenvalue weighted by Gasteiger charge is -2.27. The molecule has 0 spiro atoms. The van der Waals surface area contributed by atoms with Gasteiger partial charge in [0.2, 0.25) is 0 Å². The molecule has 3 rings (SSSR count). The maximum absolute atomic E-state index is 4.49. The van der Waals surface area contributed by atoms with Crippen LogP contribution in [0.5, 0.6) is 0 Å². The van der Waals surface area contributed by atoms with Gasteiger partial charge < -0.3 is 4.90 Å². The molecule has 2 aliphatic heterocycles. The highest BCUT2D eigenvalue weighted by Gasteiger charge is 2.15. The number of nitrogens with zero attached hydrogens (tertiary/aromatic N) is 3. The summed E-state index contributed by atoms with van der Waals surface area (Å²) in [6.45, 7) is 1.92. The number of pyridine rings is 1. The molecule has 98 valence electrons. The number of aliphatic imine (C=N–C) groups is 1. The minimum atomic E-state index is 0.914. The third-order valence-electron chi connectivity index (χ3n) is 3.44. The van der Waals surface area contributed by atoms with Gasteiger partial charge in [-0.25, -0.2) is 4.98 Å². The largest absolute Gasteiger partial charge is 0.353 e. The number of anilines is 1. The van der Waals surface area contributed by atoms with Gasteiger partial charge in [-0.05, 0) is 52.9 Å². The van der Waals surface area contributed by atoms with E-state index in [2.05, 4.69) is 49.0 Å². The summed E-state index contributed by atoms with van der Waals surface area (Å²) in [5.41, 5.74) is 2.55. The van der Waals surface area contributed by atoms with Crippen molar-refractivity contribution in [2.75, 3.05) is 18.0 Å². The Kier molecular flexibility index (Phi) is 3.78. The van der Waals surface area contributed by atoms with Gasteiger partial charge in [-0.1, -0.05) is 12.2 Å². The van der Waals surface area contributed by atoms with Crippen LogP contribution in [-0.2, 0) is 0 Å². The van der Waals surface area contributed by atoms with E-state index in [0.29, 0.717) is 0 Å². The first-order chi connectivity index (χ1) is 9.33. The molecule has 0 unspecified atom stereocenters. The number of aromatic nitrogens is 1. The van der Waals surface area contributed by atoms with Crippen LogP contribution in [0, 0.1) is 0 Å². The van der Waals surface area contributed by atoms with Crippen LogP contribution in [0.1, 0.15) is 19.3 Å². The predicted octanol–water partition coefficient (Wildman–Crippen LogP) is 3.73. The molecule has 0 aliphatic carbocycles. The van der Waals surface area contributed by atoms with Crippen LogP contribution < -0.4 is 4.90 Å². The monoisotopic (exact) mass is 317 g/mol. The molecule has 0 aromatic carbocycles. The van der Waals surface area contributed by atoms with Gasteiger partial charge in [0.1, 0.15) is 5.82 Å². The fourth-order valence-corrected chi connectivity index (χ4v) is 2.62. The van der Waals surface area contributed by atoms with Gasteiger partial charge in [0, 0.05) is 30.0 Å². The zero-order valence-electron chi connectivity index (χ0n) is 10.7. The first-order valence-corrected chi connectivity index (χ1v) is 7.41. The molecule has 0 saturated heterocycles. The molecule has 19 heavy (non-hydrogen) atoms. The van der Waals surface area contributed by atoms with E-state index in [0.717, 1.165) is 42.6 Å². The van der Waals surface area contributed by atoms with Crippen molar-refractivity contribution in [2.24, 2.45) is 4.99 Å². The molecule has 4 heteroatoms. The second-order valence-electron chi connectivity index (χ2n) is 4.74. The lowest BCUT2D eigenvalue weighted by Crippen LogP contribution is -2.29. The zero-order chi connectivity index (χ0) is 13.1. The Morgan fingerprint density at radius 2 is 2.11 bits per heavy atom. The quantitative estimate of drug-likeness (QED) is 0.831. The van der Waals surface area contributed by atoms with E-state index in [9.17, 15) is 0 Å². The van der Waals surface area contributed by atoms with E-state index < -0.39 is 0 Å². The number of halogens is 1. The fraction of sp³-hybridized carbons (Fsp3) is 0.333. The molecule has 0 radical (unpaired) electrons. The summed E-state index contributed by atoms with van der Waals surface area (Å²) in [5, 5.41) is 0. The van der Waals surface area contributed by atoms with E-state index in [-0.39, 0.29) is 0 Å². The molecule has 2 aliphatic rings. The van der Waals surface area contributed by atoms with E-state index in [1.54, 1.807) is 0 Å². The van der Waals surface area contributed by atoms with Crippen LogP contribution in [0.2, 0.25) is 0 Å². The van der Waals surface area contributed by atoms with E-state index in [1.165, 1.54) is 11.3 Å². The van der Waals surface area contributed by atoms with Crippen LogP contribution in [-0.4, -0.2) is 24.3 Å². The molecule has 0 atom stereocenters. The van der Waals surface area contributed by atoms with Gasteiger partial charge in [-0.15, -0.1) is 0 Å². The predicted molar refractivity (Wildman–Crippen MR) is 82.7 cm³/mol. The molecular formula is C15H16BrN3. The zero-order valence-corrected chi connectivity index (χ0v) is 12.3. The van der Waals surface area contributed by atoms with Crippen LogP contribution in [0.3, 0.4) is 0 Å². The SMILES string of the molecule is Brc1ccc(N2CC=C(C3=CCCC=N3)CC2)nc1. The topological polar surface area (TPSA) is 28.5 Å². The molecule has 0 N–H and O–H groups in total. The van der Waals surface area contributed by atoms with Crippen molar-refractivity contribution in [3.8, 4) is 0 Å². The number of rotatable bonds is 2. The molecule has 3 heterocycles. The summed E-state index contributed by atoms with van der Waals surface area (Å²) in [6.07, 6.45) is 11.6. The van der Waals surface area contributed by atoms with Crippen molar-refractivity contribution >= 4 is 28.0 Å². The summed E-state index contributed by atoms with van der Waals surface area (Å²) in [7, 11) is 0. The highest BCUT2D eigenvalue weighted by molar-refractivity contribution is 9.10. The number of hydrogen-bond acceptors (Lipinski definition) is 3. The molecule has 1 aromatic heterocycles. The smallest absolute Gasteiger partial charge is 0.128 e. The maximum atomic E-state index is 4.49. The second-order valence-corrected chi connectivity index (χ2v) is 5.65. The molecule has 0 saturated carbocycles. The molecular weight excluding hydrogens is 302 g/mol. The third-order valence-corrected chi connectivity index (χ3v) is 3.91. The van der Waals surface area contributed by atoms with E-state index >= 15 is 0 Å². The Morgan fingerprint density at radius 1 is 1.16 bits per heavy atom. The van der Waals surface area contributed by atoms with Crippen LogP contribution >= 0.6 is 15.9 Å². The Morgan fingerprint density at radius 3 is 2.74 bits per heavy atom. The summed E-state index contributed by atoms with van der Waals surface area (Å²) in [4.78, 5) is 11.2. The lowest BCUT2D eigenvalue weighted by atomic mass is 10.0. The van der Waals surface area contributed by atoms with Crippen LogP contribution in [0.4, 0.5) is 5.82 Å². The fourth-order valence-electron chi connectivity index (χ4n) is 2.39. The normalized spacial score (nSPS) is 19.1. The Balaban J connectivity index is 1.71. The first-order valence-electron chi connectivity index (χ1n) is 6.61. The Bertz CT molecular complexity index is 543. The highest BCUT2D eigenvalue weighted by atomic mass is 79.9. The van der Waals surface area contributed by atoms with Crippen molar-refractivity contribution in [1.29, 1.82) is 0 Å². The Hall–Kier alpha value is -1.42. The molecule has 3 nitrogen and oxygen atoms in total. The first kappa shape index (κ1) is 12.6. The van der Waals surface area contributed by atoms with Crippen molar-refractivity contribution in [3.05, 3.63) is 46.2 Å². The van der Waals surface area contributed by atoms with Gasteiger partial charge >= 0.3 is 0 Å². The van der Waals surface area contributed by atoms with Crippen LogP contribution in [0.25, 0.3) is 0 Å². The van der Waals surface area contributed by atoms with Gasteiger partial charge in [0.05, 0.1) is 5.70 Å². The number of hydrogen-bond donors (Lipinski definition) is 0. The highest BCUT2D eigenvalue weighted by Crippen LogP contribution is 2.25. The average Bonchev–Trinajstić information content (AvgIpc) is 2.49. The van der Waals surface area contributed by atoms with Gasteiger partial charge in [-0.3, -0.25) is 4.99 Å². The summed E-state index contributed by atoms with van der Waals surface area (Å²) in [6, 6.07) is 4.09. The number of allylic oxidation sites excluding steroid dienone is 2. The van der Waals surface area contributed by atoms with Crippen molar-refractivity contribution < 1.29 is 0 Å². The third kappa shape index (κ3) is 2.95. The Labute approximate surface area is 121 Å². The van der Waals surface area contributed by atoms with Crippen molar-refractivity contribution in [2.45, 2.75) is 19.3 Å². The summed E-state index contributed by atoms with van der Waals surface area (Å²) in [5.74, 6) is 1.04. The van der Waals surface area contributed by atoms with Gasteiger partial charge in [0.15, 0.2) is 0 Å². The van der Waals surface area contributed by atoms with Crippen molar-refractivity contribution in [1.82, 2.24) is 4.98 Å². The maximum Gasteiger partial charge on any atom is 0.128 e. The van der Waals surface area contributed by atoms with E-state index in [4.69, 9.17) is 0 Å². The minimum absolute atomic E-state index is 0.914. The molecule has 0 bridgehead atoms. The van der Waals surface area contributed by atoms with Crippen LogP contribution in [0.15, 0.2) is 51.2 Å². The second kappa shape index (κ2) is 5.70. The van der Waals surface area contributed by atoms with Gasteiger partial charge in [-0.2, -0.15) is 0 Å². The summed E-state index contributed by atoms with van der Waals surface area (Å²) >= 11 is 3.41. The average molecular weight is 318 g/mol. The molecule has 0 fully saturated rings. The summed E-state index contributed by atoms with van der Waals surface area (Å²) < 4.78 is 1.02. The minimum Gasteiger partial charge on any atom is -0.353 e. The standard InChI is InChI=1S/C15H16BrN3/c16-13-4-5-15(18-11-13)19-9-6-12(7-10-19)14-3-1-2-8-17-14/h3-6,8,11H,1-2,7,9-10H2. The molecule has 1 aromatic rings.